The predicted molar refractivity (Wildman–Crippen MR) is 165 cm³/mol. The molecule has 0 saturated carbocycles. The smallest absolute Gasteiger partial charge is 0.295 e. The molecule has 3 aromatic carbocycles. The second-order valence-corrected chi connectivity index (χ2v) is 10.4. The largest absolute Gasteiger partial charge is 0.507 e. The summed E-state index contributed by atoms with van der Waals surface area (Å²) in [7, 11) is 0. The Morgan fingerprint density at radius 2 is 1.48 bits per heavy atom. The number of rotatable bonds is 15. The van der Waals surface area contributed by atoms with Gasteiger partial charge in [-0.1, -0.05) is 69.7 Å². The number of carbonyl (C=O) groups is 2. The lowest BCUT2D eigenvalue weighted by molar-refractivity contribution is -0.140. The van der Waals surface area contributed by atoms with Gasteiger partial charge in [-0.25, -0.2) is 0 Å². The molecule has 1 aliphatic rings. The number of benzene rings is 3. The molecule has 7 nitrogen and oxygen atoms in total. The molecule has 0 bridgehead atoms. The highest BCUT2D eigenvalue weighted by Gasteiger charge is 2.45. The molecule has 3 aromatic rings. The van der Waals surface area contributed by atoms with Gasteiger partial charge in [0.15, 0.2) is 0 Å². The van der Waals surface area contributed by atoms with Crippen molar-refractivity contribution < 1.29 is 24.2 Å². The molecule has 1 amide bonds. The Balaban J connectivity index is 1.61. The first-order valence-electron chi connectivity index (χ1n) is 15.0. The van der Waals surface area contributed by atoms with Crippen molar-refractivity contribution in [2.75, 3.05) is 32.8 Å². The van der Waals surface area contributed by atoms with E-state index in [1.807, 2.05) is 54.6 Å². The van der Waals surface area contributed by atoms with Crippen LogP contribution in [-0.2, 0) is 16.2 Å². The lowest BCUT2D eigenvalue weighted by Gasteiger charge is -2.27. The molecule has 1 saturated heterocycles. The Morgan fingerprint density at radius 3 is 2.12 bits per heavy atom. The molecule has 0 aromatic heterocycles. The van der Waals surface area contributed by atoms with Crippen LogP contribution in [0.15, 0.2) is 84.4 Å². The molecule has 0 aliphatic carbocycles. The van der Waals surface area contributed by atoms with Crippen LogP contribution in [0.25, 0.3) is 5.76 Å². The summed E-state index contributed by atoms with van der Waals surface area (Å²) in [5.74, 6) is -0.0816. The van der Waals surface area contributed by atoms with Gasteiger partial charge < -0.3 is 24.4 Å². The lowest BCUT2D eigenvalue weighted by atomic mass is 9.95. The highest BCUT2D eigenvalue weighted by atomic mass is 16.5. The summed E-state index contributed by atoms with van der Waals surface area (Å²) in [6.45, 7) is 10.4. The Bertz CT molecular complexity index is 1330. The summed E-state index contributed by atoms with van der Waals surface area (Å²) >= 11 is 0. The van der Waals surface area contributed by atoms with Gasteiger partial charge >= 0.3 is 0 Å². The monoisotopic (exact) mass is 570 g/mol. The summed E-state index contributed by atoms with van der Waals surface area (Å²) < 4.78 is 11.7. The zero-order valence-corrected chi connectivity index (χ0v) is 24.9. The summed E-state index contributed by atoms with van der Waals surface area (Å²) in [5, 5.41) is 11.5. The zero-order chi connectivity index (χ0) is 29.9. The first-order chi connectivity index (χ1) is 20.5. The number of unbranched alkanes of at least 4 members (excludes halogenated alkanes) is 1. The zero-order valence-electron chi connectivity index (χ0n) is 24.9. The Kier molecular flexibility index (Phi) is 11.2. The number of likely N-dealkylation sites (tertiary alicyclic amines) is 1. The van der Waals surface area contributed by atoms with Crippen molar-refractivity contribution in [2.45, 2.75) is 52.7 Å². The third-order valence-electron chi connectivity index (χ3n) is 7.65. The number of nitrogens with zero attached hydrogens (tertiary/aromatic N) is 2. The molecule has 0 unspecified atom stereocenters. The van der Waals surface area contributed by atoms with E-state index in [-0.39, 0.29) is 11.3 Å². The molecular weight excluding hydrogens is 528 g/mol. The fourth-order valence-corrected chi connectivity index (χ4v) is 5.15. The third kappa shape index (κ3) is 7.59. The summed E-state index contributed by atoms with van der Waals surface area (Å²) in [6, 6.07) is 23.6. The number of carbonyl (C=O) groups excluding carboxylic acids is 2. The summed E-state index contributed by atoms with van der Waals surface area (Å²) in [6.07, 6.45) is 2.72. The quantitative estimate of drug-likeness (QED) is 0.0960. The molecule has 7 heteroatoms. The van der Waals surface area contributed by atoms with Crippen molar-refractivity contribution >= 4 is 17.4 Å². The van der Waals surface area contributed by atoms with Crippen molar-refractivity contribution in [3.8, 4) is 11.5 Å². The standard InChI is InChI=1S/C35H42N2O5/c1-4-7-24-41-29-18-14-27(15-19-29)32-31(34(39)35(40)37(32)23-11-22-36(5-2)6-3)33(38)28-16-20-30(21-17-28)42-25-26-12-9-8-10-13-26/h8-10,12-21,32,38H,4-7,11,22-25H2,1-3H3/t32-/m1/s1. The fraction of sp³-hybridized carbons (Fsp3) is 0.371. The fourth-order valence-electron chi connectivity index (χ4n) is 5.15. The van der Waals surface area contributed by atoms with Gasteiger partial charge in [0, 0.05) is 12.1 Å². The highest BCUT2D eigenvalue weighted by Crippen LogP contribution is 2.40. The SMILES string of the molecule is CCCCOc1ccc([C@@H]2C(=C(O)c3ccc(OCc4ccccc4)cc3)C(=O)C(=O)N2CCCN(CC)CC)cc1. The van der Waals surface area contributed by atoms with Gasteiger partial charge in [-0.15, -0.1) is 0 Å². The number of hydrogen-bond donors (Lipinski definition) is 1. The molecule has 1 fully saturated rings. The van der Waals surface area contributed by atoms with Crippen LogP contribution >= 0.6 is 0 Å². The molecule has 0 radical (unpaired) electrons. The van der Waals surface area contributed by atoms with Gasteiger partial charge in [0.1, 0.15) is 23.9 Å². The normalized spacial score (nSPS) is 16.3. The minimum Gasteiger partial charge on any atom is -0.507 e. The average Bonchev–Trinajstić information content (AvgIpc) is 3.28. The van der Waals surface area contributed by atoms with E-state index in [1.54, 1.807) is 29.2 Å². The van der Waals surface area contributed by atoms with E-state index in [4.69, 9.17) is 9.47 Å². The summed E-state index contributed by atoms with van der Waals surface area (Å²) in [5.41, 5.74) is 2.35. The maximum atomic E-state index is 13.4. The van der Waals surface area contributed by atoms with Crippen molar-refractivity contribution in [3.63, 3.8) is 0 Å². The maximum Gasteiger partial charge on any atom is 0.295 e. The minimum absolute atomic E-state index is 0.0976. The van der Waals surface area contributed by atoms with Crippen molar-refractivity contribution in [1.82, 2.24) is 9.80 Å². The Hall–Kier alpha value is -4.10. The molecule has 1 atom stereocenters. The van der Waals surface area contributed by atoms with Crippen molar-refractivity contribution in [2.24, 2.45) is 0 Å². The van der Waals surface area contributed by atoms with Crippen LogP contribution in [0, 0.1) is 0 Å². The van der Waals surface area contributed by atoms with Crippen LogP contribution in [0.4, 0.5) is 0 Å². The second-order valence-electron chi connectivity index (χ2n) is 10.4. The van der Waals surface area contributed by atoms with Gasteiger partial charge in [-0.05, 0) is 80.0 Å². The van der Waals surface area contributed by atoms with Crippen LogP contribution in [0.1, 0.15) is 62.8 Å². The van der Waals surface area contributed by atoms with Gasteiger partial charge in [0.2, 0.25) is 0 Å². The number of Topliss-reactive ketones (excluding diaryl/α,β-unsaturated/α-hetero) is 1. The molecule has 4 rings (SSSR count). The lowest BCUT2D eigenvalue weighted by Crippen LogP contribution is -2.33. The number of aliphatic hydroxyl groups excluding tert-OH is 1. The first kappa shape index (κ1) is 30.8. The molecule has 1 heterocycles. The molecule has 222 valence electrons. The van der Waals surface area contributed by atoms with Crippen LogP contribution in [-0.4, -0.2) is 59.4 Å². The number of ether oxygens (including phenoxy) is 2. The van der Waals surface area contributed by atoms with E-state index in [0.717, 1.165) is 55.8 Å². The van der Waals surface area contributed by atoms with E-state index in [1.165, 1.54) is 0 Å². The Labute approximate surface area is 249 Å². The summed E-state index contributed by atoms with van der Waals surface area (Å²) in [4.78, 5) is 30.6. The molecular formula is C35H42N2O5. The molecule has 1 N–H and O–H groups in total. The number of amides is 1. The average molecular weight is 571 g/mol. The van der Waals surface area contributed by atoms with Gasteiger partial charge in [-0.2, -0.15) is 0 Å². The van der Waals surface area contributed by atoms with Gasteiger partial charge in [0.25, 0.3) is 11.7 Å². The van der Waals surface area contributed by atoms with E-state index >= 15 is 0 Å². The van der Waals surface area contributed by atoms with Crippen molar-refractivity contribution in [3.05, 3.63) is 101 Å². The van der Waals surface area contributed by atoms with Crippen LogP contribution in [0.2, 0.25) is 0 Å². The van der Waals surface area contributed by atoms with Crippen LogP contribution < -0.4 is 9.47 Å². The van der Waals surface area contributed by atoms with Crippen LogP contribution in [0.3, 0.4) is 0 Å². The van der Waals surface area contributed by atoms with Crippen molar-refractivity contribution in [1.29, 1.82) is 0 Å². The highest BCUT2D eigenvalue weighted by molar-refractivity contribution is 6.46. The molecule has 42 heavy (non-hydrogen) atoms. The van der Waals surface area contributed by atoms with E-state index in [9.17, 15) is 14.7 Å². The maximum absolute atomic E-state index is 13.4. The number of ketones is 1. The minimum atomic E-state index is -0.694. The number of hydrogen-bond acceptors (Lipinski definition) is 6. The van der Waals surface area contributed by atoms with E-state index < -0.39 is 17.7 Å². The van der Waals surface area contributed by atoms with Gasteiger partial charge in [-0.3, -0.25) is 9.59 Å². The third-order valence-corrected chi connectivity index (χ3v) is 7.65. The molecule has 1 aliphatic heterocycles. The topological polar surface area (TPSA) is 79.3 Å². The Morgan fingerprint density at radius 1 is 0.833 bits per heavy atom. The molecule has 0 spiro atoms. The van der Waals surface area contributed by atoms with E-state index in [2.05, 4.69) is 25.7 Å². The number of aliphatic hydroxyl groups is 1. The van der Waals surface area contributed by atoms with Gasteiger partial charge in [0.05, 0.1) is 18.2 Å². The van der Waals surface area contributed by atoms with E-state index in [0.29, 0.717) is 31.1 Å². The van der Waals surface area contributed by atoms with Crippen LogP contribution in [0.5, 0.6) is 11.5 Å². The first-order valence-corrected chi connectivity index (χ1v) is 15.0. The predicted octanol–water partition coefficient (Wildman–Crippen LogP) is 6.60. The second kappa shape index (κ2) is 15.2.